The van der Waals surface area contributed by atoms with Gasteiger partial charge < -0.3 is 10.6 Å². The lowest BCUT2D eigenvalue weighted by atomic mass is 10.2. The van der Waals surface area contributed by atoms with Gasteiger partial charge in [-0.3, -0.25) is 4.99 Å². The van der Waals surface area contributed by atoms with Gasteiger partial charge in [-0.25, -0.2) is 17.7 Å². The third-order valence-electron chi connectivity index (χ3n) is 3.98. The molecule has 0 fully saturated rings. The Balaban J connectivity index is 1.94. The Morgan fingerprint density at radius 1 is 1.26 bits per heavy atom. The van der Waals surface area contributed by atoms with Gasteiger partial charge in [-0.2, -0.15) is 0 Å². The fraction of sp³-hybridized carbons (Fsp3) is 0.444. The first-order valence-corrected chi connectivity index (χ1v) is 11.0. The summed E-state index contributed by atoms with van der Waals surface area (Å²) in [6.07, 6.45) is 3.75. The number of nitrogens with one attached hydrogen (secondary N) is 2. The van der Waals surface area contributed by atoms with Crippen molar-refractivity contribution in [2.75, 3.05) is 27.7 Å². The van der Waals surface area contributed by atoms with Crippen LogP contribution < -0.4 is 10.6 Å². The van der Waals surface area contributed by atoms with E-state index in [2.05, 4.69) is 27.5 Å². The first-order valence-electron chi connectivity index (χ1n) is 8.77. The fourth-order valence-corrected chi connectivity index (χ4v) is 4.39. The smallest absolute Gasteiger partial charge is 0.242 e. The molecule has 7 nitrogen and oxygen atoms in total. The normalized spacial score (nSPS) is 12.4. The van der Waals surface area contributed by atoms with Crippen LogP contribution in [0.3, 0.4) is 0 Å². The van der Waals surface area contributed by atoms with E-state index in [1.54, 1.807) is 36.6 Å². The van der Waals surface area contributed by atoms with Crippen molar-refractivity contribution in [1.29, 1.82) is 0 Å². The van der Waals surface area contributed by atoms with Gasteiger partial charge in [0.25, 0.3) is 0 Å². The topological polar surface area (TPSA) is 86.7 Å². The number of aryl methyl sites for hydroxylation is 1. The van der Waals surface area contributed by atoms with Crippen LogP contribution in [0.1, 0.15) is 22.4 Å². The molecular formula is C18H27N5O2S2. The minimum atomic E-state index is -3.49. The molecule has 0 atom stereocenters. The maximum absolute atomic E-state index is 12.5. The van der Waals surface area contributed by atoms with Crippen LogP contribution in [0.15, 0.2) is 40.4 Å². The molecule has 148 valence electrons. The van der Waals surface area contributed by atoms with Gasteiger partial charge in [-0.05, 0) is 18.1 Å². The number of benzene rings is 1. The predicted molar refractivity (Wildman–Crippen MR) is 111 cm³/mol. The van der Waals surface area contributed by atoms with Gasteiger partial charge in [0.15, 0.2) is 5.96 Å². The second-order valence-electron chi connectivity index (χ2n) is 6.07. The number of thiazole rings is 1. The molecule has 0 spiro atoms. The molecule has 0 bridgehead atoms. The van der Waals surface area contributed by atoms with Gasteiger partial charge in [-0.15, -0.1) is 11.3 Å². The first-order chi connectivity index (χ1) is 12.9. The number of nitrogens with zero attached hydrogens (tertiary/aromatic N) is 3. The molecular weight excluding hydrogens is 382 g/mol. The van der Waals surface area contributed by atoms with Crippen molar-refractivity contribution in [2.24, 2.45) is 4.99 Å². The summed E-state index contributed by atoms with van der Waals surface area (Å²) in [7, 11) is 1.26. The molecule has 0 saturated heterocycles. The van der Waals surface area contributed by atoms with Crippen molar-refractivity contribution in [1.82, 2.24) is 19.9 Å². The Kier molecular flexibility index (Phi) is 7.76. The second-order valence-corrected chi connectivity index (χ2v) is 9.39. The largest absolute Gasteiger partial charge is 0.356 e. The van der Waals surface area contributed by atoms with E-state index >= 15 is 0 Å². The van der Waals surface area contributed by atoms with Crippen LogP contribution in [0.4, 0.5) is 0 Å². The molecule has 0 aliphatic carbocycles. The van der Waals surface area contributed by atoms with E-state index in [0.29, 0.717) is 29.5 Å². The molecule has 0 amide bonds. The molecule has 0 saturated carbocycles. The quantitative estimate of drug-likeness (QED) is 0.513. The van der Waals surface area contributed by atoms with Crippen LogP contribution >= 0.6 is 11.3 Å². The van der Waals surface area contributed by atoms with E-state index in [1.807, 2.05) is 12.3 Å². The average Bonchev–Trinajstić information content (AvgIpc) is 3.12. The van der Waals surface area contributed by atoms with Crippen LogP contribution in [0.5, 0.6) is 0 Å². The van der Waals surface area contributed by atoms with E-state index in [9.17, 15) is 8.42 Å². The number of aromatic nitrogens is 1. The Morgan fingerprint density at radius 2 is 2.00 bits per heavy atom. The predicted octanol–water partition coefficient (Wildman–Crippen LogP) is 1.86. The van der Waals surface area contributed by atoms with E-state index in [1.165, 1.54) is 23.3 Å². The molecule has 1 aromatic carbocycles. The van der Waals surface area contributed by atoms with Crippen molar-refractivity contribution in [3.8, 4) is 0 Å². The molecule has 0 aliphatic heterocycles. The summed E-state index contributed by atoms with van der Waals surface area (Å²) < 4.78 is 26.2. The monoisotopic (exact) mass is 409 g/mol. The number of sulfonamides is 1. The summed E-state index contributed by atoms with van der Waals surface area (Å²) in [5.41, 5.74) is 0.696. The highest BCUT2D eigenvalue weighted by Gasteiger charge is 2.20. The van der Waals surface area contributed by atoms with Gasteiger partial charge in [0.1, 0.15) is 0 Å². The molecule has 0 aliphatic rings. The number of guanidine groups is 1. The molecule has 0 radical (unpaired) electrons. The maximum atomic E-state index is 12.5. The molecule has 1 heterocycles. The molecule has 27 heavy (non-hydrogen) atoms. The Labute approximate surface area is 165 Å². The number of hydrogen-bond donors (Lipinski definition) is 2. The van der Waals surface area contributed by atoms with E-state index in [4.69, 9.17) is 0 Å². The minimum absolute atomic E-state index is 0.299. The summed E-state index contributed by atoms with van der Waals surface area (Å²) in [5.74, 6) is 0.624. The standard InChI is InChI=1S/C18H27N5O2S2/c1-5-15-13-21-17(26-15)10-11-20-18(19-2)22-12-14-8-6-7-9-16(14)27(24,25)23(3)4/h6-9,13H,5,10-12H2,1-4H3,(H2,19,20,22). The Bertz CT molecular complexity index is 875. The van der Waals surface area contributed by atoms with E-state index < -0.39 is 10.0 Å². The lowest BCUT2D eigenvalue weighted by Crippen LogP contribution is -2.38. The van der Waals surface area contributed by atoms with Crippen LogP contribution in [0.25, 0.3) is 0 Å². The van der Waals surface area contributed by atoms with Crippen molar-refractivity contribution in [3.63, 3.8) is 0 Å². The van der Waals surface area contributed by atoms with Crippen LogP contribution in [-0.2, 0) is 29.4 Å². The molecule has 1 aromatic heterocycles. The highest BCUT2D eigenvalue weighted by Crippen LogP contribution is 2.18. The zero-order chi connectivity index (χ0) is 19.9. The van der Waals surface area contributed by atoms with Gasteiger partial charge >= 0.3 is 0 Å². The van der Waals surface area contributed by atoms with Crippen LogP contribution in [0, 0.1) is 0 Å². The fourth-order valence-electron chi connectivity index (χ4n) is 2.41. The highest BCUT2D eigenvalue weighted by atomic mass is 32.2. The number of hydrogen-bond acceptors (Lipinski definition) is 5. The lowest BCUT2D eigenvalue weighted by molar-refractivity contribution is 0.519. The van der Waals surface area contributed by atoms with Gasteiger partial charge in [0.2, 0.25) is 10.0 Å². The third kappa shape index (κ3) is 5.75. The number of aliphatic imine (C=N–C) groups is 1. The van der Waals surface area contributed by atoms with E-state index in [0.717, 1.165) is 17.8 Å². The SMILES string of the molecule is CCc1cnc(CCNC(=NC)NCc2ccccc2S(=O)(=O)N(C)C)s1. The van der Waals surface area contributed by atoms with Crippen LogP contribution in [0.2, 0.25) is 0 Å². The number of rotatable bonds is 8. The van der Waals surface area contributed by atoms with Crippen molar-refractivity contribution >= 4 is 27.3 Å². The zero-order valence-electron chi connectivity index (χ0n) is 16.2. The van der Waals surface area contributed by atoms with Gasteiger partial charge in [0.05, 0.1) is 9.90 Å². The average molecular weight is 410 g/mol. The Hall–Kier alpha value is -1.97. The molecule has 0 unspecified atom stereocenters. The molecule has 2 rings (SSSR count). The Morgan fingerprint density at radius 3 is 2.63 bits per heavy atom. The lowest BCUT2D eigenvalue weighted by Gasteiger charge is -2.16. The van der Waals surface area contributed by atoms with Gasteiger partial charge in [0, 0.05) is 51.7 Å². The van der Waals surface area contributed by atoms with Crippen LogP contribution in [-0.4, -0.2) is 51.4 Å². The third-order valence-corrected chi connectivity index (χ3v) is 7.10. The zero-order valence-corrected chi connectivity index (χ0v) is 17.8. The molecule has 2 aromatic rings. The minimum Gasteiger partial charge on any atom is -0.356 e. The second kappa shape index (κ2) is 9.82. The highest BCUT2D eigenvalue weighted by molar-refractivity contribution is 7.89. The molecule has 9 heteroatoms. The summed E-state index contributed by atoms with van der Waals surface area (Å²) in [4.78, 5) is 10.2. The van der Waals surface area contributed by atoms with E-state index in [-0.39, 0.29) is 0 Å². The van der Waals surface area contributed by atoms with Crippen molar-refractivity contribution < 1.29 is 8.42 Å². The van der Waals surface area contributed by atoms with Gasteiger partial charge in [-0.1, -0.05) is 25.1 Å². The summed E-state index contributed by atoms with van der Waals surface area (Å²) in [6.45, 7) is 3.18. The maximum Gasteiger partial charge on any atom is 0.242 e. The summed E-state index contributed by atoms with van der Waals surface area (Å²) >= 11 is 1.73. The summed E-state index contributed by atoms with van der Waals surface area (Å²) in [6, 6.07) is 6.98. The summed E-state index contributed by atoms with van der Waals surface area (Å²) in [5, 5.41) is 7.52. The first kappa shape index (κ1) is 21.3. The molecule has 2 N–H and O–H groups in total. The van der Waals surface area contributed by atoms with Crippen molar-refractivity contribution in [2.45, 2.75) is 31.2 Å². The van der Waals surface area contributed by atoms with Crippen molar-refractivity contribution in [3.05, 3.63) is 45.9 Å².